The maximum atomic E-state index is 11.5. The highest BCUT2D eigenvalue weighted by molar-refractivity contribution is 5.86. The van der Waals surface area contributed by atoms with Gasteiger partial charge in [-0.15, -0.1) is 0 Å². The molecular weight excluding hydrogens is 266 g/mol. The van der Waals surface area contributed by atoms with Crippen LogP contribution in [0.3, 0.4) is 0 Å². The number of esters is 1. The minimum atomic E-state index is -0.657. The lowest BCUT2D eigenvalue weighted by Crippen LogP contribution is -2.06. The van der Waals surface area contributed by atoms with E-state index in [2.05, 4.69) is 15.2 Å². The Morgan fingerprint density at radius 1 is 1.55 bits per heavy atom. The lowest BCUT2D eigenvalue weighted by molar-refractivity contribution is -0.384. The van der Waals surface area contributed by atoms with Gasteiger partial charge in [-0.2, -0.15) is 5.10 Å². The molecule has 0 saturated heterocycles. The number of carbonyl (C=O) groups is 1. The van der Waals surface area contributed by atoms with Crippen LogP contribution >= 0.6 is 0 Å². The summed E-state index contributed by atoms with van der Waals surface area (Å²) in [4.78, 5) is 25.6. The Morgan fingerprint density at radius 2 is 2.30 bits per heavy atom. The van der Waals surface area contributed by atoms with Gasteiger partial charge in [0.25, 0.3) is 5.69 Å². The molecule has 0 aliphatic carbocycles. The zero-order chi connectivity index (χ0) is 14.7. The van der Waals surface area contributed by atoms with E-state index in [1.165, 1.54) is 18.2 Å². The molecule has 0 atom stereocenters. The van der Waals surface area contributed by atoms with Crippen LogP contribution in [0.25, 0.3) is 11.4 Å². The highest BCUT2D eigenvalue weighted by Gasteiger charge is 2.17. The van der Waals surface area contributed by atoms with Crippen molar-refractivity contribution in [1.82, 2.24) is 15.2 Å². The molecule has 1 aromatic heterocycles. The number of hydrogen-bond donors (Lipinski definition) is 2. The molecule has 104 valence electrons. The molecule has 20 heavy (non-hydrogen) atoms. The average molecular weight is 277 g/mol. The van der Waals surface area contributed by atoms with Crippen LogP contribution in [-0.4, -0.2) is 32.7 Å². The average Bonchev–Trinajstić information content (AvgIpc) is 2.88. The van der Waals surface area contributed by atoms with E-state index in [-0.39, 0.29) is 35.2 Å². The highest BCUT2D eigenvalue weighted by Crippen LogP contribution is 2.27. The number of nitrogen functional groups attached to an aromatic ring is 1. The van der Waals surface area contributed by atoms with Crippen LogP contribution in [0.2, 0.25) is 0 Å². The summed E-state index contributed by atoms with van der Waals surface area (Å²) in [6, 6.07) is 3.90. The first kappa shape index (κ1) is 13.5. The van der Waals surface area contributed by atoms with Crippen molar-refractivity contribution in [3.63, 3.8) is 0 Å². The SMILES string of the molecule is CCOC(=O)c1nc(-c2cc([N+](=O)[O-])ccc2N)n[nH]1. The summed E-state index contributed by atoms with van der Waals surface area (Å²) >= 11 is 0. The number of benzene rings is 1. The number of non-ortho nitro benzene ring substituents is 1. The summed E-state index contributed by atoms with van der Waals surface area (Å²) in [6.45, 7) is 1.86. The minimum Gasteiger partial charge on any atom is -0.460 e. The molecular formula is C11H11N5O4. The summed E-state index contributed by atoms with van der Waals surface area (Å²) in [6.07, 6.45) is 0. The van der Waals surface area contributed by atoms with Crippen molar-refractivity contribution in [3.05, 3.63) is 34.1 Å². The van der Waals surface area contributed by atoms with Crippen LogP contribution in [0.4, 0.5) is 11.4 Å². The molecule has 2 rings (SSSR count). The van der Waals surface area contributed by atoms with Gasteiger partial charge in [0.1, 0.15) is 0 Å². The molecule has 0 aliphatic heterocycles. The van der Waals surface area contributed by atoms with Gasteiger partial charge in [0.2, 0.25) is 5.82 Å². The van der Waals surface area contributed by atoms with Crippen molar-refractivity contribution < 1.29 is 14.5 Å². The van der Waals surface area contributed by atoms with E-state index in [1.807, 2.05) is 0 Å². The largest absolute Gasteiger partial charge is 0.460 e. The molecule has 0 amide bonds. The first-order chi connectivity index (χ1) is 9.52. The zero-order valence-electron chi connectivity index (χ0n) is 10.5. The normalized spacial score (nSPS) is 10.2. The number of hydrogen-bond acceptors (Lipinski definition) is 7. The third-order valence-corrected chi connectivity index (χ3v) is 2.44. The number of nitro benzene ring substituents is 1. The van der Waals surface area contributed by atoms with Crippen molar-refractivity contribution in [2.75, 3.05) is 12.3 Å². The fourth-order valence-electron chi connectivity index (χ4n) is 1.52. The predicted octanol–water partition coefficient (Wildman–Crippen LogP) is 1.14. The fourth-order valence-corrected chi connectivity index (χ4v) is 1.52. The Balaban J connectivity index is 2.39. The molecule has 9 nitrogen and oxygen atoms in total. The van der Waals surface area contributed by atoms with Crippen molar-refractivity contribution in [2.24, 2.45) is 0 Å². The Morgan fingerprint density at radius 3 is 2.95 bits per heavy atom. The molecule has 1 aromatic carbocycles. The predicted molar refractivity (Wildman–Crippen MR) is 68.8 cm³/mol. The van der Waals surface area contributed by atoms with Gasteiger partial charge in [-0.05, 0) is 13.0 Å². The Labute approximate surface area is 112 Å². The molecule has 2 aromatic rings. The topological polar surface area (TPSA) is 137 Å². The number of nitrogens with zero attached hydrogens (tertiary/aromatic N) is 3. The van der Waals surface area contributed by atoms with Crippen LogP contribution in [0.15, 0.2) is 18.2 Å². The number of rotatable bonds is 4. The van der Waals surface area contributed by atoms with E-state index >= 15 is 0 Å². The lowest BCUT2D eigenvalue weighted by Gasteiger charge is -2.00. The number of carbonyl (C=O) groups excluding carboxylic acids is 1. The Bertz CT molecular complexity index is 667. The number of aromatic nitrogens is 3. The van der Waals surface area contributed by atoms with Crippen molar-refractivity contribution in [3.8, 4) is 11.4 Å². The number of aromatic amines is 1. The molecule has 0 unspecified atom stereocenters. The molecule has 0 bridgehead atoms. The quantitative estimate of drug-likeness (QED) is 0.370. The van der Waals surface area contributed by atoms with Crippen LogP contribution in [0, 0.1) is 10.1 Å². The zero-order valence-corrected chi connectivity index (χ0v) is 10.5. The molecule has 1 heterocycles. The second kappa shape index (κ2) is 5.34. The summed E-state index contributed by atoms with van der Waals surface area (Å²) in [7, 11) is 0. The summed E-state index contributed by atoms with van der Waals surface area (Å²) in [5.74, 6) is -0.655. The summed E-state index contributed by atoms with van der Waals surface area (Å²) < 4.78 is 4.76. The Hall–Kier alpha value is -2.97. The van der Waals surface area contributed by atoms with Gasteiger partial charge in [-0.25, -0.2) is 9.78 Å². The lowest BCUT2D eigenvalue weighted by atomic mass is 10.1. The van der Waals surface area contributed by atoms with E-state index in [9.17, 15) is 14.9 Å². The molecule has 0 spiro atoms. The fraction of sp³-hybridized carbons (Fsp3) is 0.182. The maximum Gasteiger partial charge on any atom is 0.375 e. The Kier molecular flexibility index (Phi) is 3.60. The number of anilines is 1. The van der Waals surface area contributed by atoms with E-state index < -0.39 is 10.9 Å². The van der Waals surface area contributed by atoms with Crippen molar-refractivity contribution >= 4 is 17.3 Å². The van der Waals surface area contributed by atoms with Gasteiger partial charge in [-0.1, -0.05) is 0 Å². The van der Waals surface area contributed by atoms with E-state index in [0.717, 1.165) is 0 Å². The van der Waals surface area contributed by atoms with Gasteiger partial charge in [0, 0.05) is 17.8 Å². The van der Waals surface area contributed by atoms with E-state index in [4.69, 9.17) is 10.5 Å². The number of nitrogens with two attached hydrogens (primary N) is 1. The van der Waals surface area contributed by atoms with Crippen molar-refractivity contribution in [2.45, 2.75) is 6.92 Å². The second-order valence-electron chi connectivity index (χ2n) is 3.76. The molecule has 3 N–H and O–H groups in total. The van der Waals surface area contributed by atoms with Gasteiger partial charge in [0.15, 0.2) is 5.82 Å². The first-order valence-electron chi connectivity index (χ1n) is 5.66. The van der Waals surface area contributed by atoms with E-state index in [0.29, 0.717) is 0 Å². The van der Waals surface area contributed by atoms with Crippen LogP contribution in [-0.2, 0) is 4.74 Å². The third-order valence-electron chi connectivity index (χ3n) is 2.44. The number of ether oxygens (including phenoxy) is 1. The van der Waals surface area contributed by atoms with Crippen LogP contribution in [0.1, 0.15) is 17.5 Å². The number of nitrogens with one attached hydrogen (secondary N) is 1. The molecule has 0 fully saturated rings. The highest BCUT2D eigenvalue weighted by atomic mass is 16.6. The van der Waals surface area contributed by atoms with Crippen LogP contribution < -0.4 is 5.73 Å². The number of nitro groups is 1. The smallest absolute Gasteiger partial charge is 0.375 e. The minimum absolute atomic E-state index is 0.0900. The summed E-state index contributed by atoms with van der Waals surface area (Å²) in [5, 5.41) is 17.0. The second-order valence-corrected chi connectivity index (χ2v) is 3.76. The van der Waals surface area contributed by atoms with Gasteiger partial charge >= 0.3 is 5.97 Å². The molecule has 9 heteroatoms. The molecule has 0 aliphatic rings. The van der Waals surface area contributed by atoms with Gasteiger partial charge in [-0.3, -0.25) is 15.2 Å². The molecule has 0 saturated carbocycles. The van der Waals surface area contributed by atoms with E-state index in [1.54, 1.807) is 6.92 Å². The first-order valence-corrected chi connectivity index (χ1v) is 5.66. The van der Waals surface area contributed by atoms with Crippen LogP contribution in [0.5, 0.6) is 0 Å². The maximum absolute atomic E-state index is 11.5. The van der Waals surface area contributed by atoms with Gasteiger partial charge in [0.05, 0.1) is 17.1 Å². The van der Waals surface area contributed by atoms with Crippen molar-refractivity contribution in [1.29, 1.82) is 0 Å². The third kappa shape index (κ3) is 2.55. The summed E-state index contributed by atoms with van der Waals surface area (Å²) in [5.41, 5.74) is 6.13. The standard InChI is InChI=1S/C11H11N5O4/c1-2-20-11(17)10-13-9(14-15-10)7-5-6(16(18)19)3-4-8(7)12/h3-5H,2,12H2,1H3,(H,13,14,15). The molecule has 0 radical (unpaired) electrons. The van der Waals surface area contributed by atoms with Gasteiger partial charge < -0.3 is 10.5 Å². The monoisotopic (exact) mass is 277 g/mol. The number of H-pyrrole nitrogens is 1.